The van der Waals surface area contributed by atoms with E-state index in [1.165, 1.54) is 4.90 Å². The van der Waals surface area contributed by atoms with Crippen molar-refractivity contribution in [3.05, 3.63) is 52.5 Å². The van der Waals surface area contributed by atoms with Crippen molar-refractivity contribution in [2.75, 3.05) is 16.3 Å². The van der Waals surface area contributed by atoms with E-state index in [2.05, 4.69) is 22.9 Å². The molecule has 0 radical (unpaired) electrons. The Morgan fingerprint density at radius 1 is 1.00 bits per heavy atom. The zero-order valence-electron chi connectivity index (χ0n) is 19.7. The van der Waals surface area contributed by atoms with Crippen LogP contribution in [-0.2, 0) is 19.2 Å². The quantitative estimate of drug-likeness (QED) is 0.321. The Morgan fingerprint density at radius 3 is 2.43 bits per heavy atom. The highest BCUT2D eigenvalue weighted by Gasteiger charge is 2.50. The lowest BCUT2D eigenvalue weighted by Gasteiger charge is -2.25. The van der Waals surface area contributed by atoms with Crippen molar-refractivity contribution in [3.8, 4) is 5.75 Å². The van der Waals surface area contributed by atoms with Gasteiger partial charge in [-0.05, 0) is 80.1 Å². The summed E-state index contributed by atoms with van der Waals surface area (Å²) in [5.74, 6) is -1.12. The van der Waals surface area contributed by atoms with Crippen LogP contribution in [0.4, 0.5) is 11.4 Å². The van der Waals surface area contributed by atoms with E-state index in [0.717, 1.165) is 29.4 Å². The molecule has 0 unspecified atom stereocenters. The Balaban J connectivity index is 1.27. The monoisotopic (exact) mass is 538 g/mol. The second-order valence-electron chi connectivity index (χ2n) is 9.89. The maximum Gasteiger partial charge on any atom is 0.316 e. The van der Waals surface area contributed by atoms with Crippen LogP contribution >= 0.6 is 15.9 Å². The summed E-state index contributed by atoms with van der Waals surface area (Å²) in [5.41, 5.74) is 1.96. The number of aryl methyl sites for hydroxylation is 1. The summed E-state index contributed by atoms with van der Waals surface area (Å²) in [5, 5.41) is 0. The molecule has 5 rings (SSSR count). The molecule has 0 N–H and O–H groups in total. The number of nitrogens with zero attached hydrogens (tertiary/aromatic N) is 2. The number of esters is 1. The lowest BCUT2D eigenvalue weighted by atomic mass is 9.76. The van der Waals surface area contributed by atoms with E-state index < -0.39 is 11.9 Å². The van der Waals surface area contributed by atoms with Gasteiger partial charge in [0.1, 0.15) is 5.75 Å². The molecule has 3 fully saturated rings. The number of hydrogen-bond donors (Lipinski definition) is 0. The normalized spacial score (nSPS) is 26.3. The van der Waals surface area contributed by atoms with E-state index in [9.17, 15) is 19.2 Å². The number of amides is 3. The molecule has 0 aromatic heterocycles. The SMILES string of the molecule is Cc1cc(OC(=O)[C@@H]2CC(=O)N(c3ccc(Br)cc3)C2)ccc1N1C(=O)[C@H]2C[C@H](C)CC[C@H]2C1=O. The largest absolute Gasteiger partial charge is 0.426 e. The highest BCUT2D eigenvalue weighted by atomic mass is 79.9. The van der Waals surface area contributed by atoms with Crippen LogP contribution in [0.15, 0.2) is 46.9 Å². The minimum atomic E-state index is -0.571. The van der Waals surface area contributed by atoms with E-state index in [-0.39, 0.29) is 42.5 Å². The minimum absolute atomic E-state index is 0.0872. The third-order valence-corrected chi connectivity index (χ3v) is 7.94. The van der Waals surface area contributed by atoms with E-state index in [0.29, 0.717) is 22.9 Å². The number of rotatable bonds is 4. The summed E-state index contributed by atoms with van der Waals surface area (Å²) in [6, 6.07) is 12.3. The van der Waals surface area contributed by atoms with Gasteiger partial charge in [0.25, 0.3) is 0 Å². The smallest absolute Gasteiger partial charge is 0.316 e. The Kier molecular flexibility index (Phi) is 6.25. The second-order valence-corrected chi connectivity index (χ2v) is 10.8. The summed E-state index contributed by atoms with van der Waals surface area (Å²) in [7, 11) is 0. The molecule has 1 saturated carbocycles. The first-order chi connectivity index (χ1) is 16.7. The molecule has 1 aliphatic carbocycles. The van der Waals surface area contributed by atoms with Gasteiger partial charge in [-0.2, -0.15) is 0 Å². The average Bonchev–Trinajstić information content (AvgIpc) is 3.32. The highest BCUT2D eigenvalue weighted by molar-refractivity contribution is 9.10. The van der Waals surface area contributed by atoms with Crippen molar-refractivity contribution in [1.82, 2.24) is 0 Å². The zero-order chi connectivity index (χ0) is 24.9. The van der Waals surface area contributed by atoms with Crippen LogP contribution in [0.5, 0.6) is 5.75 Å². The lowest BCUT2D eigenvalue weighted by Crippen LogP contribution is -2.31. The Labute approximate surface area is 212 Å². The minimum Gasteiger partial charge on any atom is -0.426 e. The standard InChI is InChI=1S/C27H27BrN2O5/c1-15-3-9-21-22(11-15)26(33)30(25(21)32)23-10-8-20(12-16(23)2)35-27(34)17-13-24(31)29(14-17)19-6-4-18(28)5-7-19/h4-8,10,12,15,17,21-22H,3,9,11,13-14H2,1-2H3/t15-,17-,21-,22+/m1/s1. The second kappa shape index (κ2) is 9.22. The Bertz CT molecular complexity index is 1210. The zero-order valence-corrected chi connectivity index (χ0v) is 21.3. The molecular weight excluding hydrogens is 512 g/mol. The molecule has 35 heavy (non-hydrogen) atoms. The van der Waals surface area contributed by atoms with Gasteiger partial charge in [0, 0.05) is 23.1 Å². The van der Waals surface area contributed by atoms with Gasteiger partial charge in [0.05, 0.1) is 23.4 Å². The topological polar surface area (TPSA) is 84.0 Å². The molecule has 2 saturated heterocycles. The molecule has 3 amide bonds. The number of ether oxygens (including phenoxy) is 1. The van der Waals surface area contributed by atoms with E-state index in [4.69, 9.17) is 4.74 Å². The van der Waals surface area contributed by atoms with Crippen LogP contribution in [0.25, 0.3) is 0 Å². The number of carbonyl (C=O) groups is 4. The number of anilines is 2. The van der Waals surface area contributed by atoms with Crippen molar-refractivity contribution in [2.24, 2.45) is 23.7 Å². The molecule has 8 heteroatoms. The number of carbonyl (C=O) groups excluding carboxylic acids is 4. The lowest BCUT2D eigenvalue weighted by molar-refractivity contribution is -0.139. The summed E-state index contributed by atoms with van der Waals surface area (Å²) in [6.07, 6.45) is 2.55. The van der Waals surface area contributed by atoms with Crippen LogP contribution in [-0.4, -0.2) is 30.2 Å². The predicted octanol–water partition coefficient (Wildman–Crippen LogP) is 4.64. The van der Waals surface area contributed by atoms with Crippen LogP contribution < -0.4 is 14.5 Å². The van der Waals surface area contributed by atoms with E-state index in [1.54, 1.807) is 30.0 Å². The fraction of sp³-hybridized carbons (Fsp3) is 0.407. The maximum absolute atomic E-state index is 13.1. The summed E-state index contributed by atoms with van der Waals surface area (Å²) < 4.78 is 6.51. The van der Waals surface area contributed by atoms with Crippen LogP contribution in [0, 0.1) is 30.6 Å². The summed E-state index contributed by atoms with van der Waals surface area (Å²) in [4.78, 5) is 54.3. The average molecular weight is 539 g/mol. The van der Waals surface area contributed by atoms with Gasteiger partial charge in [0.2, 0.25) is 17.7 Å². The number of halogens is 1. The number of fused-ring (bicyclic) bond motifs is 1. The van der Waals surface area contributed by atoms with Crippen molar-refractivity contribution in [3.63, 3.8) is 0 Å². The molecule has 0 spiro atoms. The first-order valence-corrected chi connectivity index (χ1v) is 12.8. The van der Waals surface area contributed by atoms with E-state index in [1.807, 2.05) is 24.3 Å². The van der Waals surface area contributed by atoms with Crippen molar-refractivity contribution in [2.45, 2.75) is 39.5 Å². The number of hydrogen-bond acceptors (Lipinski definition) is 5. The molecule has 2 aliphatic heterocycles. The van der Waals surface area contributed by atoms with Gasteiger partial charge >= 0.3 is 5.97 Å². The summed E-state index contributed by atoms with van der Waals surface area (Å²) >= 11 is 3.38. The third kappa shape index (κ3) is 4.40. The van der Waals surface area contributed by atoms with Crippen molar-refractivity contribution in [1.29, 1.82) is 0 Å². The molecule has 182 valence electrons. The number of benzene rings is 2. The van der Waals surface area contributed by atoms with Crippen LogP contribution in [0.1, 0.15) is 38.2 Å². The van der Waals surface area contributed by atoms with Gasteiger partial charge in [-0.25, -0.2) is 4.90 Å². The molecule has 0 bridgehead atoms. The molecule has 4 atom stereocenters. The van der Waals surface area contributed by atoms with Gasteiger partial charge in [-0.3, -0.25) is 19.2 Å². The van der Waals surface area contributed by atoms with Crippen LogP contribution in [0.2, 0.25) is 0 Å². The van der Waals surface area contributed by atoms with Gasteiger partial charge in [-0.15, -0.1) is 0 Å². The van der Waals surface area contributed by atoms with Gasteiger partial charge < -0.3 is 9.64 Å². The first kappa shape index (κ1) is 23.7. The third-order valence-electron chi connectivity index (χ3n) is 7.41. The number of imide groups is 1. The predicted molar refractivity (Wildman–Crippen MR) is 134 cm³/mol. The van der Waals surface area contributed by atoms with Crippen molar-refractivity contribution < 1.29 is 23.9 Å². The maximum atomic E-state index is 13.1. The highest BCUT2D eigenvalue weighted by Crippen LogP contribution is 2.43. The molecular formula is C27H27BrN2O5. The molecule has 7 nitrogen and oxygen atoms in total. The van der Waals surface area contributed by atoms with Gasteiger partial charge in [-0.1, -0.05) is 22.9 Å². The Morgan fingerprint density at radius 2 is 1.71 bits per heavy atom. The van der Waals surface area contributed by atoms with Gasteiger partial charge in [0.15, 0.2) is 0 Å². The Hall–Kier alpha value is -3.00. The molecule has 3 aliphatic rings. The van der Waals surface area contributed by atoms with E-state index >= 15 is 0 Å². The fourth-order valence-electron chi connectivity index (χ4n) is 5.50. The van der Waals surface area contributed by atoms with Crippen molar-refractivity contribution >= 4 is 51.0 Å². The molecule has 2 heterocycles. The first-order valence-electron chi connectivity index (χ1n) is 12.0. The molecule has 2 aromatic carbocycles. The fourth-order valence-corrected chi connectivity index (χ4v) is 5.77. The molecule has 2 aromatic rings. The van der Waals surface area contributed by atoms with Crippen LogP contribution in [0.3, 0.4) is 0 Å². The summed E-state index contributed by atoms with van der Waals surface area (Å²) in [6.45, 7) is 4.18.